The number of hydrogen-bond donors (Lipinski definition) is 2. The molecule has 1 fully saturated rings. The lowest BCUT2D eigenvalue weighted by Gasteiger charge is -2.15. The van der Waals surface area contributed by atoms with Gasteiger partial charge in [-0.15, -0.1) is 0 Å². The van der Waals surface area contributed by atoms with Crippen LogP contribution in [0.5, 0.6) is 0 Å². The molecule has 0 spiro atoms. The molecule has 6 heteroatoms. The van der Waals surface area contributed by atoms with E-state index in [1.165, 1.54) is 25.0 Å². The second-order valence-corrected chi connectivity index (χ2v) is 8.81. The summed E-state index contributed by atoms with van der Waals surface area (Å²) in [5.41, 5.74) is 7.04. The van der Waals surface area contributed by atoms with E-state index in [-0.39, 0.29) is 5.82 Å². The average molecular weight is 466 g/mol. The highest BCUT2D eigenvalue weighted by Gasteiger charge is 2.14. The Kier molecular flexibility index (Phi) is 6.55. The molecule has 1 aliphatic rings. The summed E-state index contributed by atoms with van der Waals surface area (Å²) in [7, 11) is 0. The molecule has 1 saturated heterocycles. The largest absolute Gasteiger partial charge is 0.337 e. The third-order valence-corrected chi connectivity index (χ3v) is 6.27. The molecule has 1 aliphatic heterocycles. The van der Waals surface area contributed by atoms with Crippen LogP contribution in [0.25, 0.3) is 39.8 Å². The minimum Gasteiger partial charge on any atom is -0.337 e. The van der Waals surface area contributed by atoms with Crippen molar-refractivity contribution in [2.45, 2.75) is 12.8 Å². The number of benzene rings is 2. The third-order valence-electron chi connectivity index (χ3n) is 6.27. The van der Waals surface area contributed by atoms with E-state index < -0.39 is 0 Å². The summed E-state index contributed by atoms with van der Waals surface area (Å²) in [5.74, 6) is 0.397. The molecule has 2 N–H and O–H groups in total. The molecule has 176 valence electrons. The lowest BCUT2D eigenvalue weighted by Crippen LogP contribution is -2.21. The van der Waals surface area contributed by atoms with Crippen molar-refractivity contribution in [2.24, 2.45) is 0 Å². The van der Waals surface area contributed by atoms with E-state index in [4.69, 9.17) is 4.98 Å². The van der Waals surface area contributed by atoms with E-state index in [2.05, 4.69) is 39.3 Å². The molecule has 0 amide bonds. The van der Waals surface area contributed by atoms with Crippen LogP contribution in [0, 0.1) is 5.82 Å². The highest BCUT2D eigenvalue weighted by atomic mass is 19.1. The van der Waals surface area contributed by atoms with Crippen LogP contribution in [-0.2, 0) is 0 Å². The fourth-order valence-electron chi connectivity index (χ4n) is 4.50. The minimum atomic E-state index is -0.273. The van der Waals surface area contributed by atoms with E-state index >= 15 is 0 Å². The summed E-state index contributed by atoms with van der Waals surface area (Å²) < 4.78 is 13.8. The second kappa shape index (κ2) is 10.1. The Hall–Kier alpha value is -4.03. The number of allylic oxidation sites excluding steroid dienone is 3. The smallest absolute Gasteiger partial charge is 0.157 e. The minimum absolute atomic E-state index is 0.273. The van der Waals surface area contributed by atoms with Crippen LogP contribution in [0.2, 0.25) is 0 Å². The molecule has 0 bridgehead atoms. The van der Waals surface area contributed by atoms with Crippen LogP contribution in [0.1, 0.15) is 18.4 Å². The Morgan fingerprint density at radius 1 is 1.14 bits per heavy atom. The van der Waals surface area contributed by atoms with Gasteiger partial charge in [-0.1, -0.05) is 61.7 Å². The summed E-state index contributed by atoms with van der Waals surface area (Å²) in [6.07, 6.45) is 12.2. The summed E-state index contributed by atoms with van der Waals surface area (Å²) in [6.45, 7) is 11.3. The van der Waals surface area contributed by atoms with E-state index in [9.17, 15) is 4.39 Å². The van der Waals surface area contributed by atoms with Crippen LogP contribution < -0.4 is 0 Å². The molecular weight excluding hydrogens is 437 g/mol. The standard InChI is InChI=1S/C29H28FN5/c1-3-21(19-35-14-4-5-15-35)16-20(2)12-13-23-18-31-34-27(23)29-32-26-11-7-10-25(28(26)33-29)22-8-6-9-24(30)17-22/h3,6-13,16-18H,1-2,4-5,14-15,19H2,(H,31,34)(H,32,33)/b13-12+,21-16+. The number of para-hydroxylation sites is 1. The number of rotatable bonds is 8. The monoisotopic (exact) mass is 465 g/mol. The highest BCUT2D eigenvalue weighted by Crippen LogP contribution is 2.30. The first kappa shape index (κ1) is 22.7. The predicted molar refractivity (Wildman–Crippen MR) is 141 cm³/mol. The van der Waals surface area contributed by atoms with Crippen molar-refractivity contribution in [3.05, 3.63) is 103 Å². The van der Waals surface area contributed by atoms with Crippen LogP contribution in [0.4, 0.5) is 4.39 Å². The average Bonchev–Trinajstić information content (AvgIpc) is 3.62. The van der Waals surface area contributed by atoms with Gasteiger partial charge in [0.2, 0.25) is 0 Å². The number of halogens is 1. The van der Waals surface area contributed by atoms with Crippen LogP contribution >= 0.6 is 0 Å². The number of hydrogen-bond acceptors (Lipinski definition) is 3. The van der Waals surface area contributed by atoms with Gasteiger partial charge in [0.15, 0.2) is 5.82 Å². The lowest BCUT2D eigenvalue weighted by molar-refractivity contribution is 0.371. The van der Waals surface area contributed by atoms with Gasteiger partial charge in [0, 0.05) is 17.7 Å². The predicted octanol–water partition coefficient (Wildman–Crippen LogP) is 6.54. The number of aromatic amines is 2. The first-order valence-electron chi connectivity index (χ1n) is 11.8. The Bertz CT molecular complexity index is 1430. The Morgan fingerprint density at radius 2 is 1.97 bits per heavy atom. The lowest BCUT2D eigenvalue weighted by atomic mass is 10.0. The molecular formula is C29H28FN5. The zero-order chi connectivity index (χ0) is 24.2. The quantitative estimate of drug-likeness (QED) is 0.291. The van der Waals surface area contributed by atoms with Crippen molar-refractivity contribution in [2.75, 3.05) is 19.6 Å². The van der Waals surface area contributed by atoms with Crippen molar-refractivity contribution in [1.82, 2.24) is 25.1 Å². The van der Waals surface area contributed by atoms with Gasteiger partial charge in [-0.05, 0) is 60.8 Å². The number of nitrogens with zero attached hydrogens (tertiary/aromatic N) is 3. The molecule has 4 aromatic rings. The Balaban J connectivity index is 1.40. The first-order valence-corrected chi connectivity index (χ1v) is 11.8. The second-order valence-electron chi connectivity index (χ2n) is 8.81. The maximum atomic E-state index is 13.8. The van der Waals surface area contributed by atoms with Gasteiger partial charge >= 0.3 is 0 Å². The fourth-order valence-corrected chi connectivity index (χ4v) is 4.50. The van der Waals surface area contributed by atoms with Crippen molar-refractivity contribution in [1.29, 1.82) is 0 Å². The van der Waals surface area contributed by atoms with E-state index in [0.717, 1.165) is 64.2 Å². The Labute approximate surface area is 204 Å². The number of imidazole rings is 1. The van der Waals surface area contributed by atoms with Crippen molar-refractivity contribution >= 4 is 17.1 Å². The normalized spacial score (nSPS) is 14.8. The zero-order valence-electron chi connectivity index (χ0n) is 19.6. The molecule has 5 rings (SSSR count). The van der Waals surface area contributed by atoms with Crippen LogP contribution in [0.3, 0.4) is 0 Å². The third kappa shape index (κ3) is 5.08. The maximum Gasteiger partial charge on any atom is 0.157 e. The van der Waals surface area contributed by atoms with E-state index in [0.29, 0.717) is 5.82 Å². The summed E-state index contributed by atoms with van der Waals surface area (Å²) in [5, 5.41) is 7.28. The summed E-state index contributed by atoms with van der Waals surface area (Å²) in [6, 6.07) is 12.4. The van der Waals surface area contributed by atoms with Gasteiger partial charge in [0.1, 0.15) is 11.5 Å². The molecule has 2 aromatic heterocycles. The maximum absolute atomic E-state index is 13.8. The molecule has 0 saturated carbocycles. The van der Waals surface area contributed by atoms with Gasteiger partial charge in [0.05, 0.1) is 17.2 Å². The van der Waals surface area contributed by atoms with Crippen LogP contribution in [-0.4, -0.2) is 44.7 Å². The van der Waals surface area contributed by atoms with Crippen molar-refractivity contribution < 1.29 is 4.39 Å². The number of fused-ring (bicyclic) bond motifs is 1. The number of H-pyrrole nitrogens is 2. The molecule has 0 aliphatic carbocycles. The van der Waals surface area contributed by atoms with Gasteiger partial charge < -0.3 is 4.98 Å². The topological polar surface area (TPSA) is 60.6 Å². The Morgan fingerprint density at radius 3 is 2.77 bits per heavy atom. The fraction of sp³-hybridized carbons (Fsp3) is 0.172. The van der Waals surface area contributed by atoms with Crippen molar-refractivity contribution in [3.8, 4) is 22.6 Å². The summed E-state index contributed by atoms with van der Waals surface area (Å²) >= 11 is 0. The molecule has 2 aromatic carbocycles. The van der Waals surface area contributed by atoms with Gasteiger partial charge in [0.25, 0.3) is 0 Å². The van der Waals surface area contributed by atoms with E-state index in [1.54, 1.807) is 12.3 Å². The molecule has 0 radical (unpaired) electrons. The number of nitrogens with one attached hydrogen (secondary N) is 2. The highest BCUT2D eigenvalue weighted by molar-refractivity contribution is 5.93. The molecule has 5 nitrogen and oxygen atoms in total. The van der Waals surface area contributed by atoms with E-state index in [1.807, 2.05) is 42.5 Å². The van der Waals surface area contributed by atoms with Crippen LogP contribution in [0.15, 0.2) is 91.2 Å². The number of likely N-dealkylation sites (tertiary alicyclic amines) is 1. The molecule has 0 unspecified atom stereocenters. The van der Waals surface area contributed by atoms with Crippen molar-refractivity contribution in [3.63, 3.8) is 0 Å². The molecule has 35 heavy (non-hydrogen) atoms. The zero-order valence-corrected chi connectivity index (χ0v) is 19.6. The molecule has 3 heterocycles. The molecule has 0 atom stereocenters. The first-order chi connectivity index (χ1) is 17.1. The summed E-state index contributed by atoms with van der Waals surface area (Å²) in [4.78, 5) is 10.6. The van der Waals surface area contributed by atoms with Gasteiger partial charge in [-0.2, -0.15) is 5.10 Å². The van der Waals surface area contributed by atoms with Gasteiger partial charge in [-0.3, -0.25) is 10.00 Å². The SMILES string of the molecule is C=C/C(=C\C(=C)/C=C/c1cn[nH]c1-c1nc2c(-c3cccc(F)c3)cccc2[nH]1)CN1CCCC1. The van der Waals surface area contributed by atoms with Gasteiger partial charge in [-0.25, -0.2) is 9.37 Å². The number of aromatic nitrogens is 4.